The summed E-state index contributed by atoms with van der Waals surface area (Å²) in [5.41, 5.74) is 0. The van der Waals surface area contributed by atoms with E-state index in [0.29, 0.717) is 11.5 Å². The number of benzene rings is 6. The molecule has 6 aromatic carbocycles. The molecule has 0 atom stereocenters. The van der Waals surface area contributed by atoms with Crippen LogP contribution in [0.4, 0.5) is 0 Å². The van der Waals surface area contributed by atoms with Crippen molar-refractivity contribution in [2.45, 2.75) is 0 Å². The van der Waals surface area contributed by atoms with Gasteiger partial charge in [0.15, 0.2) is 11.5 Å². The topological polar surface area (TPSA) is 18.5 Å². The molecule has 0 fully saturated rings. The van der Waals surface area contributed by atoms with Crippen LogP contribution in [0.15, 0.2) is 109 Å². The Kier molecular flexibility index (Phi) is 3.82. The summed E-state index contributed by atoms with van der Waals surface area (Å²) in [5, 5.41) is 9.09. The Morgan fingerprint density at radius 1 is 0.333 bits per heavy atom. The van der Waals surface area contributed by atoms with Crippen molar-refractivity contribution in [3.8, 4) is 11.5 Å². The van der Waals surface area contributed by atoms with Crippen molar-refractivity contribution < 1.29 is 9.78 Å². The van der Waals surface area contributed by atoms with Crippen molar-refractivity contribution in [3.05, 3.63) is 109 Å². The molecule has 0 radical (unpaired) electrons. The molecule has 0 amide bonds. The fourth-order valence-corrected chi connectivity index (χ4v) is 4.11. The minimum Gasteiger partial charge on any atom is -0.289 e. The molecule has 142 valence electrons. The first-order valence-electron chi connectivity index (χ1n) is 10.0. The molecule has 0 N–H and O–H groups in total. The van der Waals surface area contributed by atoms with E-state index in [-0.39, 0.29) is 0 Å². The summed E-state index contributed by atoms with van der Waals surface area (Å²) in [4.78, 5) is 11.7. The normalized spacial score (nSPS) is 11.3. The fourth-order valence-electron chi connectivity index (χ4n) is 4.11. The number of fused-ring (bicyclic) bond motifs is 4. The summed E-state index contributed by atoms with van der Waals surface area (Å²) in [6.07, 6.45) is 0. The molecule has 2 nitrogen and oxygen atoms in total. The van der Waals surface area contributed by atoms with Gasteiger partial charge in [-0.1, -0.05) is 72.8 Å². The molecular formula is C28H18O2. The molecule has 0 bridgehead atoms. The molecule has 2 heteroatoms. The van der Waals surface area contributed by atoms with Crippen LogP contribution in [0.3, 0.4) is 0 Å². The van der Waals surface area contributed by atoms with Crippen molar-refractivity contribution in [2.24, 2.45) is 0 Å². The third-order valence-electron chi connectivity index (χ3n) is 5.63. The van der Waals surface area contributed by atoms with Gasteiger partial charge in [-0.3, -0.25) is 9.78 Å². The van der Waals surface area contributed by atoms with E-state index >= 15 is 0 Å². The van der Waals surface area contributed by atoms with Gasteiger partial charge in [0, 0.05) is 10.8 Å². The van der Waals surface area contributed by atoms with Crippen molar-refractivity contribution in [2.75, 3.05) is 0 Å². The smallest absolute Gasteiger partial charge is 0.186 e. The Morgan fingerprint density at radius 2 is 0.700 bits per heavy atom. The Labute approximate surface area is 173 Å². The highest BCUT2D eigenvalue weighted by atomic mass is 17.2. The van der Waals surface area contributed by atoms with Crippen LogP contribution in [0, 0.1) is 0 Å². The summed E-state index contributed by atoms with van der Waals surface area (Å²) >= 11 is 0. The standard InChI is InChI=1S/C28H18O2/c1-3-9-21-17-25-23(15-19(21)7-1)11-5-13-27(25)29-30-28-14-6-12-24-16-20-8-2-4-10-22(20)18-26(24)28/h1-18H. The lowest BCUT2D eigenvalue weighted by Gasteiger charge is -2.12. The zero-order chi connectivity index (χ0) is 19.9. The molecular weight excluding hydrogens is 368 g/mol. The first-order chi connectivity index (χ1) is 14.8. The number of hydrogen-bond donors (Lipinski definition) is 0. The maximum atomic E-state index is 5.87. The monoisotopic (exact) mass is 386 g/mol. The molecule has 0 saturated carbocycles. The van der Waals surface area contributed by atoms with E-state index in [4.69, 9.17) is 9.78 Å². The van der Waals surface area contributed by atoms with Gasteiger partial charge in [-0.25, -0.2) is 0 Å². The van der Waals surface area contributed by atoms with E-state index in [1.54, 1.807) is 0 Å². The van der Waals surface area contributed by atoms with Gasteiger partial charge < -0.3 is 0 Å². The van der Waals surface area contributed by atoms with Crippen LogP contribution in [0.25, 0.3) is 43.1 Å². The molecule has 0 saturated heterocycles. The van der Waals surface area contributed by atoms with Gasteiger partial charge >= 0.3 is 0 Å². The predicted octanol–water partition coefficient (Wildman–Crippen LogP) is 7.67. The summed E-state index contributed by atoms with van der Waals surface area (Å²) < 4.78 is 0. The lowest BCUT2D eigenvalue weighted by atomic mass is 10.0. The van der Waals surface area contributed by atoms with E-state index in [0.717, 1.165) is 21.5 Å². The minimum atomic E-state index is 0.705. The molecule has 0 unspecified atom stereocenters. The molecule has 6 aromatic rings. The van der Waals surface area contributed by atoms with Gasteiger partial charge in [-0.2, -0.15) is 0 Å². The fraction of sp³-hybridized carbons (Fsp3) is 0. The third kappa shape index (κ3) is 2.82. The van der Waals surface area contributed by atoms with Crippen LogP contribution in [0.5, 0.6) is 11.5 Å². The van der Waals surface area contributed by atoms with Crippen molar-refractivity contribution in [1.82, 2.24) is 0 Å². The Hall–Kier alpha value is -4.04. The highest BCUT2D eigenvalue weighted by Crippen LogP contribution is 2.33. The molecule has 30 heavy (non-hydrogen) atoms. The van der Waals surface area contributed by atoms with Crippen molar-refractivity contribution in [1.29, 1.82) is 0 Å². The van der Waals surface area contributed by atoms with Crippen LogP contribution in [-0.2, 0) is 0 Å². The van der Waals surface area contributed by atoms with Crippen molar-refractivity contribution >= 4 is 43.1 Å². The molecule has 0 aliphatic rings. The molecule has 0 spiro atoms. The van der Waals surface area contributed by atoms with Gasteiger partial charge in [0.05, 0.1) is 0 Å². The van der Waals surface area contributed by atoms with E-state index in [9.17, 15) is 0 Å². The van der Waals surface area contributed by atoms with Crippen molar-refractivity contribution in [3.63, 3.8) is 0 Å². The lowest BCUT2D eigenvalue weighted by molar-refractivity contribution is -0.0968. The summed E-state index contributed by atoms with van der Waals surface area (Å²) in [6.45, 7) is 0. The largest absolute Gasteiger partial charge is 0.289 e. The van der Waals surface area contributed by atoms with Gasteiger partial charge in [0.2, 0.25) is 0 Å². The van der Waals surface area contributed by atoms with Crippen LogP contribution >= 0.6 is 0 Å². The lowest BCUT2D eigenvalue weighted by Crippen LogP contribution is -2.01. The zero-order valence-corrected chi connectivity index (χ0v) is 16.2. The second-order valence-electron chi connectivity index (χ2n) is 7.52. The average molecular weight is 386 g/mol. The van der Waals surface area contributed by atoms with E-state index < -0.39 is 0 Å². The first-order valence-corrected chi connectivity index (χ1v) is 10.0. The van der Waals surface area contributed by atoms with Crippen LogP contribution in [0.1, 0.15) is 0 Å². The number of hydrogen-bond acceptors (Lipinski definition) is 2. The summed E-state index contributed by atoms with van der Waals surface area (Å²) in [7, 11) is 0. The molecule has 0 aliphatic carbocycles. The zero-order valence-electron chi connectivity index (χ0n) is 16.2. The van der Waals surface area contributed by atoms with Gasteiger partial charge in [-0.05, 0) is 68.7 Å². The van der Waals surface area contributed by atoms with Crippen LogP contribution < -0.4 is 9.78 Å². The highest BCUT2D eigenvalue weighted by Gasteiger charge is 2.09. The average Bonchev–Trinajstić information content (AvgIpc) is 2.80. The predicted molar refractivity (Wildman–Crippen MR) is 124 cm³/mol. The van der Waals surface area contributed by atoms with Crippen LogP contribution in [-0.4, -0.2) is 0 Å². The quantitative estimate of drug-likeness (QED) is 0.176. The van der Waals surface area contributed by atoms with E-state index in [2.05, 4.69) is 84.9 Å². The molecule has 0 heterocycles. The molecule has 0 aliphatic heterocycles. The molecule has 0 aromatic heterocycles. The summed E-state index contributed by atoms with van der Waals surface area (Å²) in [6, 6.07) is 37.4. The Bertz CT molecular complexity index is 1430. The second kappa shape index (κ2) is 6.78. The minimum absolute atomic E-state index is 0.705. The van der Waals surface area contributed by atoms with Gasteiger partial charge in [0.1, 0.15) is 0 Å². The second-order valence-corrected chi connectivity index (χ2v) is 7.52. The summed E-state index contributed by atoms with van der Waals surface area (Å²) in [5.74, 6) is 1.41. The van der Waals surface area contributed by atoms with E-state index in [1.807, 2.05) is 24.3 Å². The Morgan fingerprint density at radius 3 is 1.13 bits per heavy atom. The van der Waals surface area contributed by atoms with Gasteiger partial charge in [0.25, 0.3) is 0 Å². The number of rotatable bonds is 3. The first kappa shape index (κ1) is 16.9. The maximum Gasteiger partial charge on any atom is 0.186 e. The van der Waals surface area contributed by atoms with E-state index in [1.165, 1.54) is 21.5 Å². The van der Waals surface area contributed by atoms with Gasteiger partial charge in [-0.15, -0.1) is 0 Å². The third-order valence-corrected chi connectivity index (χ3v) is 5.63. The molecule has 6 rings (SSSR count). The Balaban J connectivity index is 1.42. The van der Waals surface area contributed by atoms with Crippen LogP contribution in [0.2, 0.25) is 0 Å². The maximum absolute atomic E-state index is 5.87. The SMILES string of the molecule is c1ccc2cc3c(OOc4cccc5cc6ccccc6cc45)cccc3cc2c1. The highest BCUT2D eigenvalue weighted by molar-refractivity contribution is 6.02.